The van der Waals surface area contributed by atoms with Gasteiger partial charge in [-0.2, -0.15) is 0 Å². The van der Waals surface area contributed by atoms with Gasteiger partial charge in [0.15, 0.2) is 0 Å². The predicted molar refractivity (Wildman–Crippen MR) is 87.8 cm³/mol. The molecule has 4 heterocycles. The number of piperidine rings is 1. The highest BCUT2D eigenvalue weighted by Gasteiger charge is 2.52. The van der Waals surface area contributed by atoms with E-state index in [9.17, 15) is 5.11 Å². The standard InChI is InChI=1S/C19H24N2O/c1-2-19-9-5-10-20-11-8-14-13-6-3-4-7-15(13)21(16(22)12-19)17(14)18(19)20/h3-4,6-7,16,18,22H,2,5,8-12H2,1H3/t16-,18-,19-/m1/s1. The van der Waals surface area contributed by atoms with Crippen LogP contribution in [-0.2, 0) is 6.42 Å². The SMILES string of the molecule is CC[C@@]12CCCN3CCc4c(n(c5ccccc45)[C@H](O)C1)[C@@H]32. The van der Waals surface area contributed by atoms with Crippen LogP contribution >= 0.6 is 0 Å². The Morgan fingerprint density at radius 1 is 1.27 bits per heavy atom. The zero-order valence-corrected chi connectivity index (χ0v) is 13.3. The Morgan fingerprint density at radius 2 is 2.14 bits per heavy atom. The summed E-state index contributed by atoms with van der Waals surface area (Å²) >= 11 is 0. The fourth-order valence-corrected chi connectivity index (χ4v) is 5.66. The van der Waals surface area contributed by atoms with Crippen LogP contribution in [-0.4, -0.2) is 27.7 Å². The maximum Gasteiger partial charge on any atom is 0.131 e. The van der Waals surface area contributed by atoms with Gasteiger partial charge in [0.05, 0.1) is 11.6 Å². The van der Waals surface area contributed by atoms with E-state index < -0.39 is 0 Å². The van der Waals surface area contributed by atoms with Crippen LogP contribution in [0.1, 0.15) is 56.1 Å². The Bertz CT molecular complexity index is 749. The van der Waals surface area contributed by atoms with Crippen molar-refractivity contribution >= 4 is 10.9 Å². The summed E-state index contributed by atoms with van der Waals surface area (Å²) in [4.78, 5) is 2.70. The topological polar surface area (TPSA) is 28.4 Å². The Balaban J connectivity index is 1.85. The monoisotopic (exact) mass is 296 g/mol. The van der Waals surface area contributed by atoms with Crippen LogP contribution < -0.4 is 0 Å². The normalized spacial score (nSPS) is 33.9. The molecule has 0 spiro atoms. The second kappa shape index (κ2) is 4.36. The first-order valence-corrected chi connectivity index (χ1v) is 8.79. The molecule has 116 valence electrons. The quantitative estimate of drug-likeness (QED) is 0.870. The Kier molecular flexibility index (Phi) is 2.61. The lowest BCUT2D eigenvalue weighted by atomic mass is 9.64. The molecule has 0 saturated carbocycles. The van der Waals surface area contributed by atoms with Crippen LogP contribution in [0.2, 0.25) is 0 Å². The number of nitrogens with zero attached hydrogens (tertiary/aromatic N) is 2. The van der Waals surface area contributed by atoms with Gasteiger partial charge in [0.2, 0.25) is 0 Å². The Morgan fingerprint density at radius 3 is 3.00 bits per heavy atom. The van der Waals surface area contributed by atoms with E-state index in [-0.39, 0.29) is 11.6 Å². The molecule has 1 saturated heterocycles. The van der Waals surface area contributed by atoms with Crippen LogP contribution in [0.25, 0.3) is 10.9 Å². The summed E-state index contributed by atoms with van der Waals surface area (Å²) in [7, 11) is 0. The van der Waals surface area contributed by atoms with Gasteiger partial charge in [0, 0.05) is 17.6 Å². The molecule has 1 aromatic heterocycles. The number of benzene rings is 1. The van der Waals surface area contributed by atoms with E-state index in [1.54, 1.807) is 0 Å². The van der Waals surface area contributed by atoms with Gasteiger partial charge in [-0.15, -0.1) is 0 Å². The molecule has 3 heteroatoms. The number of hydrogen-bond donors (Lipinski definition) is 1. The molecule has 22 heavy (non-hydrogen) atoms. The molecular weight excluding hydrogens is 272 g/mol. The molecule has 0 bridgehead atoms. The van der Waals surface area contributed by atoms with Crippen molar-refractivity contribution < 1.29 is 5.11 Å². The minimum absolute atomic E-state index is 0.275. The lowest BCUT2D eigenvalue weighted by Crippen LogP contribution is -2.53. The lowest BCUT2D eigenvalue weighted by molar-refractivity contribution is -0.0791. The van der Waals surface area contributed by atoms with Gasteiger partial charge < -0.3 is 9.67 Å². The predicted octanol–water partition coefficient (Wildman–Crippen LogP) is 3.63. The molecule has 1 N–H and O–H groups in total. The van der Waals surface area contributed by atoms with E-state index in [0.717, 1.165) is 12.8 Å². The van der Waals surface area contributed by atoms with Crippen LogP contribution in [0, 0.1) is 5.41 Å². The zero-order valence-electron chi connectivity index (χ0n) is 13.3. The molecule has 3 aliphatic heterocycles. The van der Waals surface area contributed by atoms with E-state index in [0.29, 0.717) is 6.04 Å². The first-order chi connectivity index (χ1) is 10.7. The smallest absolute Gasteiger partial charge is 0.131 e. The minimum Gasteiger partial charge on any atom is -0.373 e. The van der Waals surface area contributed by atoms with E-state index in [1.807, 2.05) is 0 Å². The first-order valence-electron chi connectivity index (χ1n) is 8.79. The fourth-order valence-electron chi connectivity index (χ4n) is 5.66. The van der Waals surface area contributed by atoms with Gasteiger partial charge in [-0.05, 0) is 55.7 Å². The number of fused-ring (bicyclic) bond motifs is 3. The van der Waals surface area contributed by atoms with E-state index in [2.05, 4.69) is 40.7 Å². The first kappa shape index (κ1) is 13.1. The van der Waals surface area contributed by atoms with E-state index >= 15 is 0 Å². The summed E-state index contributed by atoms with van der Waals surface area (Å²) in [5.41, 5.74) is 4.46. The lowest BCUT2D eigenvalue weighted by Gasteiger charge is -2.56. The fraction of sp³-hybridized carbons (Fsp3) is 0.579. The van der Waals surface area contributed by atoms with Gasteiger partial charge in [0.1, 0.15) is 6.23 Å². The minimum atomic E-state index is -0.358. The maximum absolute atomic E-state index is 11.0. The average Bonchev–Trinajstić information content (AvgIpc) is 2.89. The second-order valence-electron chi connectivity index (χ2n) is 7.44. The number of aromatic nitrogens is 1. The molecular formula is C19H24N2O. The average molecular weight is 296 g/mol. The van der Waals surface area contributed by atoms with Gasteiger partial charge in [-0.25, -0.2) is 0 Å². The van der Waals surface area contributed by atoms with Gasteiger partial charge >= 0.3 is 0 Å². The summed E-state index contributed by atoms with van der Waals surface area (Å²) in [6.07, 6.45) is 5.41. The Hall–Kier alpha value is -1.32. The third-order valence-electron chi connectivity index (χ3n) is 6.62. The van der Waals surface area contributed by atoms with E-state index in [1.165, 1.54) is 54.5 Å². The highest BCUT2D eigenvalue weighted by Crippen LogP contribution is 2.59. The van der Waals surface area contributed by atoms with Crippen molar-refractivity contribution in [3.63, 3.8) is 0 Å². The molecule has 5 rings (SSSR count). The summed E-state index contributed by atoms with van der Waals surface area (Å²) < 4.78 is 2.26. The molecule has 0 unspecified atom stereocenters. The van der Waals surface area contributed by atoms with Crippen LogP contribution in [0.5, 0.6) is 0 Å². The van der Waals surface area contributed by atoms with E-state index in [4.69, 9.17) is 0 Å². The summed E-state index contributed by atoms with van der Waals surface area (Å²) in [5.74, 6) is 0. The summed E-state index contributed by atoms with van der Waals surface area (Å²) in [6.45, 7) is 4.73. The molecule has 0 radical (unpaired) electrons. The molecule has 0 amide bonds. The molecule has 3 atom stereocenters. The third kappa shape index (κ3) is 1.44. The van der Waals surface area contributed by atoms with Gasteiger partial charge in [0.25, 0.3) is 0 Å². The number of rotatable bonds is 1. The highest BCUT2D eigenvalue weighted by molar-refractivity contribution is 5.86. The number of para-hydroxylation sites is 1. The number of hydrogen-bond acceptors (Lipinski definition) is 2. The maximum atomic E-state index is 11.0. The molecule has 3 aliphatic rings. The molecule has 1 aromatic carbocycles. The second-order valence-corrected chi connectivity index (χ2v) is 7.44. The zero-order chi connectivity index (χ0) is 14.9. The molecule has 0 aliphatic carbocycles. The summed E-state index contributed by atoms with van der Waals surface area (Å²) in [6, 6.07) is 9.19. The van der Waals surface area contributed by atoms with Crippen molar-refractivity contribution in [3.05, 3.63) is 35.5 Å². The third-order valence-corrected chi connectivity index (χ3v) is 6.62. The van der Waals surface area contributed by atoms with Crippen LogP contribution in [0.3, 0.4) is 0 Å². The molecule has 2 aromatic rings. The highest BCUT2D eigenvalue weighted by atomic mass is 16.3. The van der Waals surface area contributed by atoms with Crippen molar-refractivity contribution in [3.8, 4) is 0 Å². The van der Waals surface area contributed by atoms with Crippen molar-refractivity contribution in [1.82, 2.24) is 9.47 Å². The summed E-state index contributed by atoms with van der Waals surface area (Å²) in [5, 5.41) is 12.3. The molecule has 1 fully saturated rings. The van der Waals surface area contributed by atoms with Crippen molar-refractivity contribution in [2.75, 3.05) is 13.1 Å². The van der Waals surface area contributed by atoms with Gasteiger partial charge in [-0.3, -0.25) is 4.90 Å². The van der Waals surface area contributed by atoms with Gasteiger partial charge in [-0.1, -0.05) is 25.1 Å². The number of aliphatic hydroxyl groups is 1. The van der Waals surface area contributed by atoms with Crippen molar-refractivity contribution in [2.45, 2.75) is 51.3 Å². The van der Waals surface area contributed by atoms with Crippen molar-refractivity contribution in [1.29, 1.82) is 0 Å². The number of aliphatic hydroxyl groups excluding tert-OH is 1. The van der Waals surface area contributed by atoms with Crippen molar-refractivity contribution in [2.24, 2.45) is 5.41 Å². The largest absolute Gasteiger partial charge is 0.373 e. The Labute approximate surface area is 131 Å². The van der Waals surface area contributed by atoms with Crippen LogP contribution in [0.15, 0.2) is 24.3 Å². The van der Waals surface area contributed by atoms with Crippen LogP contribution in [0.4, 0.5) is 0 Å². The molecule has 3 nitrogen and oxygen atoms in total.